The molecule has 0 atom stereocenters. The SMILES string of the molecule is CCCCCC(=O)N=Nc1c(O)[nH]c2ccc(Br)cc12. The maximum absolute atomic E-state index is 11.6. The number of nitrogens with one attached hydrogen (secondary N) is 1. The minimum Gasteiger partial charge on any atom is -0.493 e. The Kier molecular flexibility index (Phi) is 4.89. The molecule has 2 N–H and O–H groups in total. The van der Waals surface area contributed by atoms with Crippen LogP contribution in [0.25, 0.3) is 10.9 Å². The Morgan fingerprint density at radius 3 is 2.95 bits per heavy atom. The number of azo groups is 1. The number of hydrogen-bond acceptors (Lipinski definition) is 3. The predicted octanol–water partition coefficient (Wildman–Crippen LogP) is 4.83. The van der Waals surface area contributed by atoms with E-state index in [4.69, 9.17) is 0 Å². The highest BCUT2D eigenvalue weighted by atomic mass is 79.9. The van der Waals surface area contributed by atoms with E-state index in [9.17, 15) is 9.90 Å². The van der Waals surface area contributed by atoms with Crippen molar-refractivity contribution < 1.29 is 9.90 Å². The summed E-state index contributed by atoms with van der Waals surface area (Å²) in [6.07, 6.45) is 3.28. The third kappa shape index (κ3) is 3.45. The molecule has 0 aliphatic rings. The summed E-state index contributed by atoms with van der Waals surface area (Å²) in [4.78, 5) is 14.4. The number of unbranched alkanes of at least 4 members (excludes halogenated alkanes) is 2. The van der Waals surface area contributed by atoms with Gasteiger partial charge in [-0.2, -0.15) is 0 Å². The molecule has 6 heteroatoms. The number of fused-ring (bicyclic) bond motifs is 1. The number of benzene rings is 1. The van der Waals surface area contributed by atoms with Gasteiger partial charge in [-0.25, -0.2) is 0 Å². The molecule has 0 aliphatic heterocycles. The van der Waals surface area contributed by atoms with Crippen LogP contribution in [-0.4, -0.2) is 16.0 Å². The maximum Gasteiger partial charge on any atom is 0.264 e. The van der Waals surface area contributed by atoms with Crippen molar-refractivity contribution in [3.05, 3.63) is 22.7 Å². The number of H-pyrrole nitrogens is 1. The number of carbonyl (C=O) groups excluding carboxylic acids is 1. The zero-order valence-electron chi connectivity index (χ0n) is 11.2. The number of aromatic nitrogens is 1. The van der Waals surface area contributed by atoms with Gasteiger partial charge in [-0.15, -0.1) is 10.2 Å². The highest BCUT2D eigenvalue weighted by Crippen LogP contribution is 2.36. The molecule has 0 saturated heterocycles. The number of nitrogens with zero attached hydrogens (tertiary/aromatic N) is 2. The molecule has 0 radical (unpaired) electrons. The Balaban J connectivity index is 2.18. The van der Waals surface area contributed by atoms with Crippen LogP contribution in [0.5, 0.6) is 5.88 Å². The number of hydrogen-bond donors (Lipinski definition) is 2. The van der Waals surface area contributed by atoms with Crippen molar-refractivity contribution in [1.82, 2.24) is 4.98 Å². The van der Waals surface area contributed by atoms with Gasteiger partial charge in [-0.1, -0.05) is 35.7 Å². The average molecular weight is 338 g/mol. The van der Waals surface area contributed by atoms with Gasteiger partial charge in [0.1, 0.15) is 0 Å². The second-order valence-corrected chi connectivity index (χ2v) is 5.48. The molecule has 5 nitrogen and oxygen atoms in total. The van der Waals surface area contributed by atoms with Crippen molar-refractivity contribution in [3.8, 4) is 5.88 Å². The molecule has 0 fully saturated rings. The average Bonchev–Trinajstić information content (AvgIpc) is 2.72. The molecular weight excluding hydrogens is 322 g/mol. The molecule has 2 rings (SSSR count). The van der Waals surface area contributed by atoms with E-state index in [1.54, 1.807) is 0 Å². The fraction of sp³-hybridized carbons (Fsp3) is 0.357. The molecule has 0 saturated carbocycles. The highest BCUT2D eigenvalue weighted by molar-refractivity contribution is 9.10. The fourth-order valence-electron chi connectivity index (χ4n) is 1.92. The number of aromatic amines is 1. The number of aromatic hydroxyl groups is 1. The number of amides is 1. The summed E-state index contributed by atoms with van der Waals surface area (Å²) in [7, 11) is 0. The van der Waals surface area contributed by atoms with E-state index in [0.29, 0.717) is 12.1 Å². The lowest BCUT2D eigenvalue weighted by atomic mass is 10.2. The van der Waals surface area contributed by atoms with Crippen LogP contribution in [0.2, 0.25) is 0 Å². The highest BCUT2D eigenvalue weighted by Gasteiger charge is 2.11. The van der Waals surface area contributed by atoms with Crippen LogP contribution in [-0.2, 0) is 4.79 Å². The summed E-state index contributed by atoms with van der Waals surface area (Å²) in [6.45, 7) is 2.08. The van der Waals surface area contributed by atoms with Gasteiger partial charge in [0, 0.05) is 16.3 Å². The van der Waals surface area contributed by atoms with Crippen LogP contribution in [0.15, 0.2) is 32.9 Å². The van der Waals surface area contributed by atoms with Crippen LogP contribution in [0.1, 0.15) is 32.6 Å². The molecule has 1 amide bonds. The number of rotatable bonds is 5. The fourth-order valence-corrected chi connectivity index (χ4v) is 2.28. The van der Waals surface area contributed by atoms with Crippen LogP contribution < -0.4 is 0 Å². The summed E-state index contributed by atoms with van der Waals surface area (Å²) in [5.41, 5.74) is 1.04. The predicted molar refractivity (Wildman–Crippen MR) is 81.3 cm³/mol. The summed E-state index contributed by atoms with van der Waals surface area (Å²) < 4.78 is 0.870. The molecule has 1 aromatic heterocycles. The van der Waals surface area contributed by atoms with Gasteiger partial charge in [0.25, 0.3) is 5.91 Å². The smallest absolute Gasteiger partial charge is 0.264 e. The third-order valence-electron chi connectivity index (χ3n) is 2.97. The first kappa shape index (κ1) is 14.7. The maximum atomic E-state index is 11.6. The molecule has 2 aromatic rings. The Bertz CT molecular complexity index is 649. The largest absolute Gasteiger partial charge is 0.493 e. The van der Waals surface area contributed by atoms with Crippen molar-refractivity contribution in [2.75, 3.05) is 0 Å². The standard InChI is InChI=1S/C14H16BrN3O2/c1-2-3-4-5-12(19)17-18-13-10-8-9(15)6-7-11(10)16-14(13)20/h6-8,16,20H,2-5H2,1H3. The Morgan fingerprint density at radius 1 is 1.40 bits per heavy atom. The van der Waals surface area contributed by atoms with E-state index >= 15 is 0 Å². The monoisotopic (exact) mass is 337 g/mol. The van der Waals surface area contributed by atoms with Crippen LogP contribution >= 0.6 is 15.9 Å². The molecule has 1 heterocycles. The first-order valence-electron chi connectivity index (χ1n) is 6.56. The summed E-state index contributed by atoms with van der Waals surface area (Å²) in [5, 5.41) is 18.1. The molecular formula is C14H16BrN3O2. The lowest BCUT2D eigenvalue weighted by Crippen LogP contribution is -1.90. The lowest BCUT2D eigenvalue weighted by molar-refractivity contribution is -0.118. The second kappa shape index (κ2) is 6.65. The van der Waals surface area contributed by atoms with E-state index in [1.807, 2.05) is 18.2 Å². The Hall–Kier alpha value is -1.69. The van der Waals surface area contributed by atoms with Crippen molar-refractivity contribution in [3.63, 3.8) is 0 Å². The summed E-state index contributed by atoms with van der Waals surface area (Å²) in [6, 6.07) is 5.50. The molecule has 1 aromatic carbocycles. The summed E-state index contributed by atoms with van der Waals surface area (Å²) >= 11 is 3.36. The summed E-state index contributed by atoms with van der Waals surface area (Å²) in [5.74, 6) is -0.342. The third-order valence-corrected chi connectivity index (χ3v) is 3.46. The molecule has 0 bridgehead atoms. The zero-order valence-corrected chi connectivity index (χ0v) is 12.8. The van der Waals surface area contributed by atoms with Gasteiger partial charge in [-0.05, 0) is 24.6 Å². The minimum atomic E-state index is -0.262. The second-order valence-electron chi connectivity index (χ2n) is 4.56. The van der Waals surface area contributed by atoms with Gasteiger partial charge in [0.05, 0.1) is 5.52 Å². The molecule has 106 valence electrons. The van der Waals surface area contributed by atoms with Crippen molar-refractivity contribution in [2.24, 2.45) is 10.2 Å². The molecule has 0 spiro atoms. The minimum absolute atomic E-state index is 0.0804. The van der Waals surface area contributed by atoms with E-state index in [0.717, 1.165) is 34.6 Å². The zero-order chi connectivity index (χ0) is 14.5. The Labute approximate surface area is 125 Å². The molecule has 20 heavy (non-hydrogen) atoms. The van der Waals surface area contributed by atoms with Gasteiger partial charge in [0.15, 0.2) is 5.69 Å². The van der Waals surface area contributed by atoms with Gasteiger partial charge in [-0.3, -0.25) is 4.79 Å². The topological polar surface area (TPSA) is 77.8 Å². The van der Waals surface area contributed by atoms with Crippen LogP contribution in [0.4, 0.5) is 5.69 Å². The van der Waals surface area contributed by atoms with Crippen LogP contribution in [0, 0.1) is 0 Å². The van der Waals surface area contributed by atoms with E-state index in [2.05, 4.69) is 38.1 Å². The Morgan fingerprint density at radius 2 is 2.20 bits per heavy atom. The van der Waals surface area contributed by atoms with E-state index in [1.165, 1.54) is 0 Å². The van der Waals surface area contributed by atoms with Crippen molar-refractivity contribution in [1.29, 1.82) is 0 Å². The molecule has 0 unspecified atom stereocenters. The van der Waals surface area contributed by atoms with Crippen LogP contribution in [0.3, 0.4) is 0 Å². The van der Waals surface area contributed by atoms with Gasteiger partial charge >= 0.3 is 0 Å². The first-order valence-corrected chi connectivity index (χ1v) is 7.36. The van der Waals surface area contributed by atoms with E-state index < -0.39 is 0 Å². The quantitative estimate of drug-likeness (QED) is 0.605. The van der Waals surface area contributed by atoms with Gasteiger partial charge < -0.3 is 10.1 Å². The van der Waals surface area contributed by atoms with Crippen molar-refractivity contribution in [2.45, 2.75) is 32.6 Å². The normalized spacial score (nSPS) is 11.5. The number of carbonyl (C=O) groups is 1. The first-order chi connectivity index (χ1) is 9.61. The number of halogens is 1. The van der Waals surface area contributed by atoms with Crippen molar-refractivity contribution >= 4 is 38.4 Å². The molecule has 0 aliphatic carbocycles. The van der Waals surface area contributed by atoms with E-state index in [-0.39, 0.29) is 11.8 Å². The van der Waals surface area contributed by atoms with Gasteiger partial charge in [0.2, 0.25) is 5.88 Å². The lowest BCUT2D eigenvalue weighted by Gasteiger charge is -1.94.